The van der Waals surface area contributed by atoms with Crippen LogP contribution in [-0.2, 0) is 11.2 Å². The van der Waals surface area contributed by atoms with Gasteiger partial charge in [-0.3, -0.25) is 9.59 Å². The molecule has 2 N–H and O–H groups in total. The fraction of sp³-hybridized carbons (Fsp3) is 0.474. The Bertz CT molecular complexity index is 799. The van der Waals surface area contributed by atoms with Crippen molar-refractivity contribution in [2.75, 3.05) is 10.6 Å². The van der Waals surface area contributed by atoms with Crippen molar-refractivity contribution in [3.63, 3.8) is 0 Å². The average molecular weight is 434 g/mol. The molecule has 1 heterocycles. The Balaban J connectivity index is 1.75. The van der Waals surface area contributed by atoms with Crippen LogP contribution in [-0.4, -0.2) is 38.2 Å². The summed E-state index contributed by atoms with van der Waals surface area (Å²) in [5.74, 6) is -0.156. The van der Waals surface area contributed by atoms with E-state index >= 15 is 0 Å². The van der Waals surface area contributed by atoms with E-state index in [1.807, 2.05) is 24.3 Å². The number of anilines is 1. The lowest BCUT2D eigenvalue weighted by Crippen LogP contribution is -2.27. The molecule has 1 saturated carbocycles. The summed E-state index contributed by atoms with van der Waals surface area (Å²) in [6, 6.07) is 7.70. The van der Waals surface area contributed by atoms with Gasteiger partial charge in [-0.25, -0.2) is 4.68 Å². The number of amides is 2. The van der Waals surface area contributed by atoms with Gasteiger partial charge in [-0.15, -0.1) is 5.10 Å². The monoisotopic (exact) mass is 433 g/mol. The number of hydrogen-bond donors (Lipinski definition) is 2. The van der Waals surface area contributed by atoms with Crippen molar-refractivity contribution >= 4 is 33.4 Å². The van der Waals surface area contributed by atoms with Gasteiger partial charge >= 0.3 is 0 Å². The summed E-state index contributed by atoms with van der Waals surface area (Å²) in [7, 11) is 0. The van der Waals surface area contributed by atoms with Gasteiger partial charge in [0.05, 0.1) is 11.4 Å². The molecule has 27 heavy (non-hydrogen) atoms. The van der Waals surface area contributed by atoms with E-state index < -0.39 is 0 Å². The smallest absolute Gasteiger partial charge is 0.273 e. The van der Waals surface area contributed by atoms with E-state index in [-0.39, 0.29) is 17.9 Å². The van der Waals surface area contributed by atoms with Crippen molar-refractivity contribution < 1.29 is 9.59 Å². The third kappa shape index (κ3) is 5.15. The maximum Gasteiger partial charge on any atom is 0.273 e. The molecule has 1 aromatic carbocycles. The van der Waals surface area contributed by atoms with E-state index in [0.29, 0.717) is 18.5 Å². The number of carbonyl (C=O) groups excluding carboxylic acids is 2. The Morgan fingerprint density at radius 3 is 2.63 bits per heavy atom. The van der Waals surface area contributed by atoms with Gasteiger partial charge in [0, 0.05) is 23.5 Å². The first-order chi connectivity index (χ1) is 13.1. The average Bonchev–Trinajstić information content (AvgIpc) is 3.38. The van der Waals surface area contributed by atoms with Crippen LogP contribution in [0.3, 0.4) is 0 Å². The molecule has 8 heteroatoms. The van der Waals surface area contributed by atoms with E-state index in [1.54, 1.807) is 4.68 Å². The van der Waals surface area contributed by atoms with Crippen molar-refractivity contribution in [1.82, 2.24) is 20.3 Å². The fourth-order valence-electron chi connectivity index (χ4n) is 2.76. The number of nitrogens with zero attached hydrogens (tertiary/aromatic N) is 3. The first-order valence-electron chi connectivity index (χ1n) is 9.34. The number of carbonyl (C=O) groups is 2. The van der Waals surface area contributed by atoms with Gasteiger partial charge in [-0.05, 0) is 49.9 Å². The molecule has 0 unspecified atom stereocenters. The molecule has 1 aromatic heterocycles. The van der Waals surface area contributed by atoms with E-state index in [9.17, 15) is 9.59 Å². The molecular formula is C19H24BrN5O2. The number of rotatable bonds is 9. The number of benzene rings is 1. The molecule has 0 bridgehead atoms. The van der Waals surface area contributed by atoms with Gasteiger partial charge in [0.1, 0.15) is 0 Å². The van der Waals surface area contributed by atoms with Crippen LogP contribution in [0, 0.1) is 0 Å². The molecule has 2 aromatic rings. The van der Waals surface area contributed by atoms with Crippen LogP contribution in [0.5, 0.6) is 0 Å². The number of hydrogen-bond acceptors (Lipinski definition) is 4. The van der Waals surface area contributed by atoms with Crippen molar-refractivity contribution in [3.8, 4) is 5.69 Å². The van der Waals surface area contributed by atoms with Crippen molar-refractivity contribution in [3.05, 3.63) is 35.7 Å². The predicted octanol–water partition coefficient (Wildman–Crippen LogP) is 3.23. The zero-order valence-corrected chi connectivity index (χ0v) is 17.0. The third-order valence-electron chi connectivity index (χ3n) is 4.31. The highest BCUT2D eigenvalue weighted by atomic mass is 79.9. The standard InChI is InChI=1S/C19H24BrN5O2/c1-2-4-16-18(19(27)22-14-6-7-14)23-24-25(16)15-10-8-13(9-11-15)21-17(26)5-3-12-20/h8-11,14H,2-7,12H2,1H3,(H,21,26)(H,22,27). The van der Waals surface area contributed by atoms with Crippen LogP contribution < -0.4 is 10.6 Å². The van der Waals surface area contributed by atoms with Crippen LogP contribution in [0.15, 0.2) is 24.3 Å². The molecule has 1 aliphatic rings. The van der Waals surface area contributed by atoms with Gasteiger partial charge in [-0.1, -0.05) is 34.5 Å². The maximum absolute atomic E-state index is 12.4. The molecule has 1 aliphatic carbocycles. The van der Waals surface area contributed by atoms with E-state index in [1.165, 1.54) is 0 Å². The lowest BCUT2D eigenvalue weighted by Gasteiger charge is -2.09. The molecule has 3 rings (SSSR count). The Hall–Kier alpha value is -2.22. The normalized spacial score (nSPS) is 13.4. The largest absolute Gasteiger partial charge is 0.348 e. The summed E-state index contributed by atoms with van der Waals surface area (Å²) < 4.78 is 1.71. The minimum atomic E-state index is -0.150. The molecule has 0 spiro atoms. The first kappa shape index (κ1) is 19.5. The van der Waals surface area contributed by atoms with Crippen LogP contribution in [0.2, 0.25) is 0 Å². The SMILES string of the molecule is CCCc1c(C(=O)NC2CC2)nnn1-c1ccc(NC(=O)CCCBr)cc1. The highest BCUT2D eigenvalue weighted by molar-refractivity contribution is 9.09. The molecule has 0 saturated heterocycles. The highest BCUT2D eigenvalue weighted by Gasteiger charge is 2.27. The highest BCUT2D eigenvalue weighted by Crippen LogP contribution is 2.21. The van der Waals surface area contributed by atoms with Crippen LogP contribution >= 0.6 is 15.9 Å². The van der Waals surface area contributed by atoms with Gasteiger partial charge < -0.3 is 10.6 Å². The van der Waals surface area contributed by atoms with Crippen molar-refractivity contribution in [1.29, 1.82) is 0 Å². The maximum atomic E-state index is 12.4. The molecule has 0 aliphatic heterocycles. The molecular weight excluding hydrogens is 410 g/mol. The minimum absolute atomic E-state index is 0.00587. The summed E-state index contributed by atoms with van der Waals surface area (Å²) in [6.07, 6.45) is 4.95. The number of aromatic nitrogens is 3. The second-order valence-electron chi connectivity index (χ2n) is 6.68. The second-order valence-corrected chi connectivity index (χ2v) is 7.47. The lowest BCUT2D eigenvalue weighted by molar-refractivity contribution is -0.116. The molecule has 0 radical (unpaired) electrons. The summed E-state index contributed by atoms with van der Waals surface area (Å²) >= 11 is 3.32. The summed E-state index contributed by atoms with van der Waals surface area (Å²) in [6.45, 7) is 2.06. The zero-order chi connectivity index (χ0) is 19.2. The Morgan fingerprint density at radius 1 is 1.26 bits per heavy atom. The van der Waals surface area contributed by atoms with Gasteiger partial charge in [0.25, 0.3) is 5.91 Å². The van der Waals surface area contributed by atoms with Crippen LogP contribution in [0.25, 0.3) is 5.69 Å². The third-order valence-corrected chi connectivity index (χ3v) is 4.87. The molecule has 1 fully saturated rings. The van der Waals surface area contributed by atoms with Gasteiger partial charge in [0.2, 0.25) is 5.91 Å². The summed E-state index contributed by atoms with van der Waals surface area (Å²) in [5.41, 5.74) is 2.76. The Morgan fingerprint density at radius 2 is 2.00 bits per heavy atom. The second kappa shape index (κ2) is 9.12. The van der Waals surface area contributed by atoms with E-state index in [0.717, 1.165) is 48.1 Å². The molecule has 2 amide bonds. The summed E-state index contributed by atoms with van der Waals surface area (Å²) in [4.78, 5) is 24.3. The van der Waals surface area contributed by atoms with Gasteiger partial charge in [-0.2, -0.15) is 0 Å². The number of nitrogens with one attached hydrogen (secondary N) is 2. The van der Waals surface area contributed by atoms with Gasteiger partial charge in [0.15, 0.2) is 5.69 Å². The van der Waals surface area contributed by atoms with Crippen molar-refractivity contribution in [2.45, 2.75) is 51.5 Å². The molecule has 7 nitrogen and oxygen atoms in total. The first-order valence-corrected chi connectivity index (χ1v) is 10.5. The van der Waals surface area contributed by atoms with Crippen molar-refractivity contribution in [2.24, 2.45) is 0 Å². The number of halogens is 1. The molecule has 0 atom stereocenters. The van der Waals surface area contributed by atoms with E-state index in [2.05, 4.69) is 43.8 Å². The topological polar surface area (TPSA) is 88.9 Å². The zero-order valence-electron chi connectivity index (χ0n) is 15.4. The predicted molar refractivity (Wildman–Crippen MR) is 107 cm³/mol. The Labute approximate surface area is 167 Å². The van der Waals surface area contributed by atoms with Crippen LogP contribution in [0.1, 0.15) is 55.2 Å². The minimum Gasteiger partial charge on any atom is -0.348 e. The quantitative estimate of drug-likeness (QED) is 0.594. The number of alkyl halides is 1. The van der Waals surface area contributed by atoms with Crippen LogP contribution in [0.4, 0.5) is 5.69 Å². The summed E-state index contributed by atoms with van der Waals surface area (Å²) in [5, 5.41) is 15.0. The molecule has 144 valence electrons. The van der Waals surface area contributed by atoms with E-state index in [4.69, 9.17) is 0 Å². The Kier molecular flexibility index (Phi) is 6.60. The fourth-order valence-corrected chi connectivity index (χ4v) is 3.05. The lowest BCUT2D eigenvalue weighted by atomic mass is 10.2.